The lowest BCUT2D eigenvalue weighted by molar-refractivity contribution is -0.169. The normalized spacial score (nSPS) is 30.9. The van der Waals surface area contributed by atoms with Crippen molar-refractivity contribution in [3.05, 3.63) is 62.7 Å². The number of ether oxygens (including phenoxy) is 6. The molecule has 3 saturated heterocycles. The first-order chi connectivity index (χ1) is 27.0. The van der Waals surface area contributed by atoms with Crippen molar-refractivity contribution in [1.82, 2.24) is 14.7 Å². The van der Waals surface area contributed by atoms with E-state index in [0.29, 0.717) is 64.6 Å². The predicted octanol–water partition coefficient (Wildman–Crippen LogP) is 4.60. The Labute approximate surface area is 327 Å². The molecule has 11 rings (SSSR count). The van der Waals surface area contributed by atoms with Gasteiger partial charge in [0.2, 0.25) is 6.79 Å². The van der Waals surface area contributed by atoms with E-state index in [0.717, 1.165) is 22.3 Å². The Morgan fingerprint density at radius 3 is 2.54 bits per heavy atom. The highest BCUT2D eigenvalue weighted by molar-refractivity contribution is 7.99. The van der Waals surface area contributed by atoms with Crippen LogP contribution in [0.15, 0.2) is 18.2 Å². The number of thioether (sulfide) groups is 1. The monoisotopic (exact) mass is 782 g/mol. The van der Waals surface area contributed by atoms with Gasteiger partial charge in [0.1, 0.15) is 18.4 Å². The van der Waals surface area contributed by atoms with Gasteiger partial charge in [0.05, 0.1) is 37.6 Å². The van der Waals surface area contributed by atoms with Gasteiger partial charge in [-0.2, -0.15) is 5.26 Å². The minimum atomic E-state index is -1.31. The summed E-state index contributed by atoms with van der Waals surface area (Å²) in [4.78, 5) is 34.6. The van der Waals surface area contributed by atoms with Gasteiger partial charge in [-0.1, -0.05) is 6.07 Å². The summed E-state index contributed by atoms with van der Waals surface area (Å²) in [5, 5.41) is 33.5. The fourth-order valence-corrected chi connectivity index (χ4v) is 12.8. The Balaban J connectivity index is 1.26. The van der Waals surface area contributed by atoms with Crippen molar-refractivity contribution in [3.8, 4) is 46.3 Å². The lowest BCUT2D eigenvalue weighted by atomic mass is 9.74. The summed E-state index contributed by atoms with van der Waals surface area (Å²) in [6.07, 6.45) is 1.30. The second-order valence-corrected chi connectivity index (χ2v) is 16.9. The molecule has 3 fully saturated rings. The van der Waals surface area contributed by atoms with Crippen molar-refractivity contribution in [2.75, 3.05) is 47.0 Å². The number of phenols is 2. The van der Waals surface area contributed by atoms with Crippen LogP contribution in [0.3, 0.4) is 0 Å². The summed E-state index contributed by atoms with van der Waals surface area (Å²) in [5.41, 5.74) is 4.76. The van der Waals surface area contributed by atoms with E-state index in [-0.39, 0.29) is 48.5 Å². The fourth-order valence-electron chi connectivity index (χ4n) is 11.0. The number of aromatic hydroxyl groups is 2. The number of nitriles is 1. The number of esters is 2. The second kappa shape index (κ2) is 12.3. The van der Waals surface area contributed by atoms with E-state index in [2.05, 4.69) is 21.9 Å². The first-order valence-electron chi connectivity index (χ1n) is 18.9. The maximum Gasteiger partial charge on any atom is 0.332 e. The molecule has 15 heteroatoms. The molecule has 3 unspecified atom stereocenters. The van der Waals surface area contributed by atoms with Crippen molar-refractivity contribution in [2.24, 2.45) is 0 Å². The SMILES string of the molecule is COc1cc2c(cc1O)CCN(C)[C@]21CS[C@@H]2c3c(OC(C)=O)c(C)c4c(c3[C@H](COC1=O)N1C2C2c3c(cc(C)c(OC)c3O)[C@H]3CC([C@@H]1C#N)N23)OCO4. The Kier molecular flexibility index (Phi) is 7.81. The van der Waals surface area contributed by atoms with Crippen LogP contribution in [0.25, 0.3) is 0 Å². The van der Waals surface area contributed by atoms with Crippen LogP contribution in [0, 0.1) is 25.2 Å². The third kappa shape index (κ3) is 4.38. The van der Waals surface area contributed by atoms with Crippen LogP contribution in [0.4, 0.5) is 0 Å². The van der Waals surface area contributed by atoms with Crippen molar-refractivity contribution < 1.29 is 48.2 Å². The third-order valence-electron chi connectivity index (χ3n) is 13.4. The third-order valence-corrected chi connectivity index (χ3v) is 14.9. The number of hydrogen-bond acceptors (Lipinski definition) is 15. The van der Waals surface area contributed by atoms with Crippen LogP contribution in [-0.2, 0) is 26.3 Å². The summed E-state index contributed by atoms with van der Waals surface area (Å²) < 4.78 is 36.4. The minimum Gasteiger partial charge on any atom is -0.504 e. The molecule has 8 atom stereocenters. The van der Waals surface area contributed by atoms with Crippen LogP contribution in [0.2, 0.25) is 0 Å². The van der Waals surface area contributed by atoms with E-state index in [1.165, 1.54) is 25.8 Å². The van der Waals surface area contributed by atoms with Gasteiger partial charge >= 0.3 is 11.9 Å². The van der Waals surface area contributed by atoms with Gasteiger partial charge in [0.15, 0.2) is 40.0 Å². The molecule has 0 saturated carbocycles. The number of hydrogen-bond donors (Lipinski definition) is 2. The van der Waals surface area contributed by atoms with Crippen LogP contribution in [-0.4, -0.2) is 102 Å². The Morgan fingerprint density at radius 1 is 1.02 bits per heavy atom. The van der Waals surface area contributed by atoms with Crippen LogP contribution < -0.4 is 23.7 Å². The van der Waals surface area contributed by atoms with E-state index >= 15 is 0 Å². The number of likely N-dealkylation sites (N-methyl/N-ethyl adjacent to an activating group) is 1. The Hall–Kier alpha value is -4.88. The highest BCUT2D eigenvalue weighted by Crippen LogP contribution is 2.69. The molecule has 0 aliphatic carbocycles. The van der Waals surface area contributed by atoms with Gasteiger partial charge in [-0.15, -0.1) is 11.8 Å². The molecular weight excluding hydrogens is 741 g/mol. The number of aryl methyl sites for hydroxylation is 1. The molecule has 14 nitrogen and oxygen atoms in total. The van der Waals surface area contributed by atoms with Gasteiger partial charge in [0, 0.05) is 59.6 Å². The molecule has 56 heavy (non-hydrogen) atoms. The number of carbonyl (C=O) groups excluding carboxylic acids is 2. The molecular formula is C41H42N4O10S. The lowest BCUT2D eigenvalue weighted by Gasteiger charge is -2.64. The number of benzene rings is 3. The number of nitrogens with zero attached hydrogens (tertiary/aromatic N) is 4. The maximum atomic E-state index is 15.0. The largest absolute Gasteiger partial charge is 0.504 e. The molecule has 3 aromatic rings. The number of carbonyl (C=O) groups is 2. The predicted molar refractivity (Wildman–Crippen MR) is 200 cm³/mol. The zero-order chi connectivity index (χ0) is 39.1. The molecule has 2 N–H and O–H groups in total. The molecule has 2 bridgehead atoms. The Morgan fingerprint density at radius 2 is 1.80 bits per heavy atom. The highest BCUT2D eigenvalue weighted by Gasteiger charge is 2.67. The lowest BCUT2D eigenvalue weighted by Crippen LogP contribution is -2.71. The van der Waals surface area contributed by atoms with Gasteiger partial charge in [0.25, 0.3) is 0 Å². The zero-order valence-corrected chi connectivity index (χ0v) is 32.7. The van der Waals surface area contributed by atoms with Gasteiger partial charge in [-0.3, -0.25) is 19.5 Å². The van der Waals surface area contributed by atoms with Crippen molar-refractivity contribution >= 4 is 23.7 Å². The number of phenolic OH excluding ortho intramolecular Hbond substituents is 2. The van der Waals surface area contributed by atoms with E-state index in [4.69, 9.17) is 28.4 Å². The summed E-state index contributed by atoms with van der Waals surface area (Å²) in [6, 6.07) is 5.71. The standard InChI is InChI=1S/C41H42N4O10S/c1-17-9-21-23-12-24-25(13-42)45-26-14-52-40(49)41(22-11-28(50-5)27(47)10-20(22)7-8-43(41)4)15-56-39(33(45)32(44(23)24)29(21)34(48)35(17)51-6)31-30(26)38-37(53-16-54-38)18(2)36(31)55-19(3)46/h9-11,23-26,32-33,39,47-48H,7-8,12,14-16H2,1-6H3/t23-,24?,25+,26+,32?,33?,39-,41-/m1/s1. The smallest absolute Gasteiger partial charge is 0.332 e. The van der Waals surface area contributed by atoms with Crippen LogP contribution >= 0.6 is 11.8 Å². The van der Waals surface area contributed by atoms with E-state index in [1.807, 2.05) is 25.8 Å². The molecule has 8 heterocycles. The molecule has 8 aliphatic rings. The van der Waals surface area contributed by atoms with Crippen LogP contribution in [0.5, 0.6) is 40.2 Å². The summed E-state index contributed by atoms with van der Waals surface area (Å²) in [5.74, 6) is 1.19. The average molecular weight is 783 g/mol. The molecule has 0 amide bonds. The summed E-state index contributed by atoms with van der Waals surface area (Å²) in [7, 11) is 4.93. The fraction of sp³-hybridized carbons (Fsp3) is 0.488. The average Bonchev–Trinajstić information content (AvgIpc) is 3.75. The molecule has 292 valence electrons. The first kappa shape index (κ1) is 35.5. The van der Waals surface area contributed by atoms with Crippen molar-refractivity contribution in [1.29, 1.82) is 5.26 Å². The van der Waals surface area contributed by atoms with Gasteiger partial charge in [-0.05, 0) is 68.1 Å². The molecule has 1 spiro atoms. The summed E-state index contributed by atoms with van der Waals surface area (Å²) in [6.45, 7) is 5.44. The Bertz CT molecular complexity index is 2310. The number of fused-ring (bicyclic) bond motifs is 8. The summed E-state index contributed by atoms with van der Waals surface area (Å²) >= 11 is 1.52. The zero-order valence-electron chi connectivity index (χ0n) is 31.9. The van der Waals surface area contributed by atoms with Crippen molar-refractivity contribution in [3.63, 3.8) is 0 Å². The minimum absolute atomic E-state index is 0.0122. The van der Waals surface area contributed by atoms with Gasteiger partial charge in [-0.25, -0.2) is 4.79 Å². The number of methoxy groups -OCH3 is 2. The molecule has 0 aromatic heterocycles. The maximum absolute atomic E-state index is 15.0. The highest BCUT2D eigenvalue weighted by atomic mass is 32.2. The topological polar surface area (TPSA) is 163 Å². The second-order valence-electron chi connectivity index (χ2n) is 15.8. The van der Waals surface area contributed by atoms with Crippen LogP contribution in [0.1, 0.15) is 81.2 Å². The van der Waals surface area contributed by atoms with Crippen molar-refractivity contribution in [2.45, 2.75) is 80.7 Å². The molecule has 8 aliphatic heterocycles. The first-order valence-corrected chi connectivity index (χ1v) is 19.9. The molecule has 0 radical (unpaired) electrons. The number of rotatable bonds is 3. The quantitative estimate of drug-likeness (QED) is 0.280. The number of piperazine rings is 1. The molecule has 3 aromatic carbocycles. The van der Waals surface area contributed by atoms with Gasteiger partial charge < -0.3 is 38.6 Å². The van der Waals surface area contributed by atoms with E-state index in [1.54, 1.807) is 19.2 Å². The van der Waals surface area contributed by atoms with E-state index in [9.17, 15) is 25.1 Å². The van der Waals surface area contributed by atoms with E-state index < -0.39 is 46.9 Å².